The van der Waals surface area contributed by atoms with E-state index in [0.717, 1.165) is 24.8 Å². The number of fused-ring (bicyclic) bond motifs is 1. The Balaban J connectivity index is 1.40. The Hall–Kier alpha value is -1.76. The number of nitrogens with zero attached hydrogens (tertiary/aromatic N) is 2. The normalized spacial score (nSPS) is 28.4. The van der Waals surface area contributed by atoms with Crippen LogP contribution in [-0.4, -0.2) is 44.5 Å². The smallest absolute Gasteiger partial charge is 0.243 e. The lowest BCUT2D eigenvalue weighted by Gasteiger charge is -2.29. The molecule has 2 aliphatic heterocycles. The summed E-state index contributed by atoms with van der Waals surface area (Å²) in [5.41, 5.74) is 0.883. The van der Waals surface area contributed by atoms with Crippen molar-refractivity contribution in [2.75, 3.05) is 5.75 Å². The van der Waals surface area contributed by atoms with Gasteiger partial charge in [-0.05, 0) is 45.1 Å². The second-order valence-electron chi connectivity index (χ2n) is 7.48. The molecule has 0 spiro atoms. The molecule has 6 nitrogen and oxygen atoms in total. The largest absolute Gasteiger partial charge is 0.474 e. The minimum atomic E-state index is -0.379. The summed E-state index contributed by atoms with van der Waals surface area (Å²) < 4.78 is 6.04. The number of rotatable bonds is 5. The van der Waals surface area contributed by atoms with Crippen molar-refractivity contribution >= 4 is 23.6 Å². The highest BCUT2D eigenvalue weighted by molar-refractivity contribution is 8.01. The molecule has 3 fully saturated rings. The molecule has 1 aromatic rings. The molecule has 2 amide bonds. The minimum Gasteiger partial charge on any atom is -0.474 e. The number of carbonyl (C=O) groups is 2. The first-order chi connectivity index (χ1) is 12.6. The van der Waals surface area contributed by atoms with Crippen molar-refractivity contribution in [3.63, 3.8) is 0 Å². The molecule has 140 valence electrons. The van der Waals surface area contributed by atoms with Gasteiger partial charge in [0.15, 0.2) is 0 Å². The molecule has 3 aliphatic rings. The summed E-state index contributed by atoms with van der Waals surface area (Å²) in [6.07, 6.45) is 7.84. The zero-order valence-electron chi connectivity index (χ0n) is 15.1. The van der Waals surface area contributed by atoms with Gasteiger partial charge in [-0.15, -0.1) is 11.8 Å². The summed E-state index contributed by atoms with van der Waals surface area (Å²) in [7, 11) is 0. The molecule has 1 saturated carbocycles. The van der Waals surface area contributed by atoms with E-state index in [9.17, 15) is 9.59 Å². The van der Waals surface area contributed by atoms with Gasteiger partial charge in [-0.3, -0.25) is 9.59 Å². The first kappa shape index (κ1) is 17.6. The third kappa shape index (κ3) is 3.29. The van der Waals surface area contributed by atoms with Crippen LogP contribution in [0, 0.1) is 0 Å². The van der Waals surface area contributed by atoms with Gasteiger partial charge in [0.25, 0.3) is 0 Å². The monoisotopic (exact) mass is 375 g/mol. The fourth-order valence-corrected chi connectivity index (χ4v) is 5.58. The second-order valence-corrected chi connectivity index (χ2v) is 8.98. The van der Waals surface area contributed by atoms with E-state index in [1.54, 1.807) is 22.9 Å². The number of ether oxygens (including phenoxy) is 1. The molecule has 26 heavy (non-hydrogen) atoms. The Morgan fingerprint density at radius 3 is 3.08 bits per heavy atom. The van der Waals surface area contributed by atoms with Crippen LogP contribution in [0.15, 0.2) is 18.3 Å². The molecule has 3 heterocycles. The summed E-state index contributed by atoms with van der Waals surface area (Å²) >= 11 is 1.71. The highest BCUT2D eigenvalue weighted by atomic mass is 32.2. The maximum atomic E-state index is 12.7. The minimum absolute atomic E-state index is 0.0873. The van der Waals surface area contributed by atoms with Gasteiger partial charge in [-0.25, -0.2) is 4.98 Å². The summed E-state index contributed by atoms with van der Waals surface area (Å²) in [4.78, 5) is 30.8. The highest BCUT2D eigenvalue weighted by Crippen LogP contribution is 2.47. The van der Waals surface area contributed by atoms with Gasteiger partial charge in [0.2, 0.25) is 17.7 Å². The molecule has 0 aromatic carbocycles. The van der Waals surface area contributed by atoms with Gasteiger partial charge < -0.3 is 15.0 Å². The third-order valence-corrected chi connectivity index (χ3v) is 7.14. The molecule has 0 unspecified atom stereocenters. The standard InChI is InChI=1S/C19H25N3O3S/c1-19-9-8-16(23)22(19)15(12-26-19)17(24)21-11-13-5-4-10-20-18(13)25-14-6-2-3-7-14/h4-5,10,14-15H,2-3,6-9,11-12H2,1H3,(H,21,24)/t15-,19-/m0/s1. The maximum absolute atomic E-state index is 12.7. The first-order valence-electron chi connectivity index (χ1n) is 9.41. The molecule has 1 aromatic heterocycles. The molecule has 1 N–H and O–H groups in total. The van der Waals surface area contributed by atoms with E-state index in [1.807, 2.05) is 12.1 Å². The number of amides is 2. The Morgan fingerprint density at radius 1 is 1.46 bits per heavy atom. The van der Waals surface area contributed by atoms with Crippen LogP contribution in [0.3, 0.4) is 0 Å². The summed E-state index contributed by atoms with van der Waals surface area (Å²) in [5.74, 6) is 1.27. The van der Waals surface area contributed by atoms with Crippen molar-refractivity contribution in [2.24, 2.45) is 0 Å². The molecular weight excluding hydrogens is 350 g/mol. The second kappa shape index (κ2) is 7.10. The number of pyridine rings is 1. The van der Waals surface area contributed by atoms with E-state index in [4.69, 9.17) is 4.74 Å². The number of hydrogen-bond acceptors (Lipinski definition) is 5. The van der Waals surface area contributed by atoms with Crippen LogP contribution in [0.2, 0.25) is 0 Å². The molecular formula is C19H25N3O3S. The molecule has 4 rings (SSSR count). The number of nitrogens with one attached hydrogen (secondary N) is 1. The van der Waals surface area contributed by atoms with Crippen molar-refractivity contribution in [1.29, 1.82) is 0 Å². The first-order valence-corrected chi connectivity index (χ1v) is 10.4. The van der Waals surface area contributed by atoms with Crippen LogP contribution in [0.25, 0.3) is 0 Å². The highest BCUT2D eigenvalue weighted by Gasteiger charge is 2.52. The lowest BCUT2D eigenvalue weighted by Crippen LogP contribution is -2.49. The summed E-state index contributed by atoms with van der Waals surface area (Å²) in [6, 6.07) is 3.41. The quantitative estimate of drug-likeness (QED) is 0.856. The van der Waals surface area contributed by atoms with E-state index >= 15 is 0 Å². The van der Waals surface area contributed by atoms with Gasteiger partial charge in [0.1, 0.15) is 12.1 Å². The van der Waals surface area contributed by atoms with Crippen molar-refractivity contribution < 1.29 is 14.3 Å². The Bertz CT molecular complexity index is 707. The number of hydrogen-bond donors (Lipinski definition) is 1. The number of aromatic nitrogens is 1. The predicted octanol–water partition coefficient (Wildman–Crippen LogP) is 2.47. The topological polar surface area (TPSA) is 71.5 Å². The lowest BCUT2D eigenvalue weighted by molar-refractivity contribution is -0.138. The number of carbonyl (C=O) groups excluding carboxylic acids is 2. The zero-order valence-corrected chi connectivity index (χ0v) is 15.9. The SMILES string of the molecule is C[C@]12CCC(=O)N1[C@H](C(=O)NCc1cccnc1OC1CCCC1)CS2. The molecule has 0 radical (unpaired) electrons. The van der Waals surface area contributed by atoms with Gasteiger partial charge in [-0.2, -0.15) is 0 Å². The van der Waals surface area contributed by atoms with Crippen LogP contribution in [0.1, 0.15) is 51.0 Å². The van der Waals surface area contributed by atoms with E-state index in [2.05, 4.69) is 17.2 Å². The average molecular weight is 375 g/mol. The molecule has 2 atom stereocenters. The van der Waals surface area contributed by atoms with Crippen LogP contribution in [0.4, 0.5) is 0 Å². The zero-order chi connectivity index (χ0) is 18.1. The van der Waals surface area contributed by atoms with E-state index in [-0.39, 0.29) is 28.8 Å². The Labute approximate surface area is 158 Å². The van der Waals surface area contributed by atoms with Gasteiger partial charge in [-0.1, -0.05) is 6.07 Å². The average Bonchev–Trinajstić information content (AvgIpc) is 3.32. The summed E-state index contributed by atoms with van der Waals surface area (Å²) in [5, 5.41) is 2.99. The van der Waals surface area contributed by atoms with Gasteiger partial charge in [0.05, 0.1) is 4.87 Å². The van der Waals surface area contributed by atoms with E-state index in [1.165, 1.54) is 12.8 Å². The van der Waals surface area contributed by atoms with Crippen LogP contribution in [0.5, 0.6) is 5.88 Å². The van der Waals surface area contributed by atoms with Crippen LogP contribution >= 0.6 is 11.8 Å². The molecule has 0 bridgehead atoms. The van der Waals surface area contributed by atoms with Crippen molar-refractivity contribution in [3.8, 4) is 5.88 Å². The third-order valence-electron chi connectivity index (χ3n) is 5.63. The molecule has 2 saturated heterocycles. The molecule has 7 heteroatoms. The van der Waals surface area contributed by atoms with Gasteiger partial charge in [0, 0.05) is 30.5 Å². The predicted molar refractivity (Wildman–Crippen MR) is 99.7 cm³/mol. The number of thioether (sulfide) groups is 1. The Morgan fingerprint density at radius 2 is 2.27 bits per heavy atom. The van der Waals surface area contributed by atoms with E-state index in [0.29, 0.717) is 24.6 Å². The van der Waals surface area contributed by atoms with Gasteiger partial charge >= 0.3 is 0 Å². The van der Waals surface area contributed by atoms with Crippen LogP contribution in [-0.2, 0) is 16.1 Å². The fourth-order valence-electron chi connectivity index (χ4n) is 4.14. The van der Waals surface area contributed by atoms with Crippen LogP contribution < -0.4 is 10.1 Å². The summed E-state index contributed by atoms with van der Waals surface area (Å²) in [6.45, 7) is 2.43. The molecule has 1 aliphatic carbocycles. The van der Waals surface area contributed by atoms with Crippen molar-refractivity contribution in [2.45, 2.75) is 69.0 Å². The maximum Gasteiger partial charge on any atom is 0.243 e. The Kier molecular flexibility index (Phi) is 4.82. The van der Waals surface area contributed by atoms with Crippen molar-refractivity contribution in [3.05, 3.63) is 23.9 Å². The van der Waals surface area contributed by atoms with E-state index < -0.39 is 0 Å². The lowest BCUT2D eigenvalue weighted by atomic mass is 10.2. The van der Waals surface area contributed by atoms with Crippen molar-refractivity contribution in [1.82, 2.24) is 15.2 Å². The fraction of sp³-hybridized carbons (Fsp3) is 0.632.